The Kier molecular flexibility index (Phi) is 11.2. The van der Waals surface area contributed by atoms with Crippen molar-refractivity contribution in [1.29, 1.82) is 0 Å². The number of halogens is 1. The first-order chi connectivity index (χ1) is 5.41. The lowest BCUT2D eigenvalue weighted by Gasteiger charge is -1.94. The molecule has 0 saturated carbocycles. The summed E-state index contributed by atoms with van der Waals surface area (Å²) in [4.78, 5) is 0. The van der Waals surface area contributed by atoms with E-state index in [-0.39, 0.29) is 6.61 Å². The number of aliphatic hydroxyl groups excluding tert-OH is 1. The Balaban J connectivity index is 0. The van der Waals surface area contributed by atoms with E-state index in [0.29, 0.717) is 25.3 Å². The van der Waals surface area contributed by atoms with E-state index in [1.807, 2.05) is 0 Å². The molecule has 0 fully saturated rings. The first-order valence-electron chi connectivity index (χ1n) is 3.08. The first kappa shape index (κ1) is 14.6. The van der Waals surface area contributed by atoms with Gasteiger partial charge in [0, 0.05) is 5.88 Å². The number of hydrogen-bond donors (Lipinski definition) is 2. The standard InChI is InChI=1S/C4H9ClO2.CH4O3S/c5-1-3-7-4-2-6;1-5(2,3)4/h6H,1-4H2;1H3,(H,2,3,4). The van der Waals surface area contributed by atoms with Crippen molar-refractivity contribution >= 4 is 21.7 Å². The predicted octanol–water partition coefficient (Wildman–Crippen LogP) is -0.262. The molecule has 0 heterocycles. The molecule has 0 aromatic rings. The lowest BCUT2D eigenvalue weighted by molar-refractivity contribution is 0.103. The Hall–Kier alpha value is 0.120. The highest BCUT2D eigenvalue weighted by molar-refractivity contribution is 7.85. The van der Waals surface area contributed by atoms with Crippen LogP contribution in [0.4, 0.5) is 0 Å². The van der Waals surface area contributed by atoms with Crippen molar-refractivity contribution in [3.8, 4) is 0 Å². The van der Waals surface area contributed by atoms with Crippen molar-refractivity contribution in [2.24, 2.45) is 0 Å². The van der Waals surface area contributed by atoms with Gasteiger partial charge >= 0.3 is 0 Å². The molecule has 5 nitrogen and oxygen atoms in total. The molecule has 0 saturated heterocycles. The number of ether oxygens (including phenoxy) is 1. The summed E-state index contributed by atoms with van der Waals surface area (Å²) in [5, 5.41) is 8.12. The SMILES string of the molecule is CS(=O)(=O)O.OCCOCCCl. The monoisotopic (exact) mass is 220 g/mol. The van der Waals surface area contributed by atoms with Crippen LogP contribution in [-0.4, -0.2) is 50.0 Å². The van der Waals surface area contributed by atoms with E-state index in [1.54, 1.807) is 0 Å². The zero-order chi connectivity index (χ0) is 10.0. The number of alkyl halides is 1. The summed E-state index contributed by atoms with van der Waals surface area (Å²) < 4.78 is 30.6. The average molecular weight is 221 g/mol. The number of aliphatic hydroxyl groups is 1. The van der Waals surface area contributed by atoms with Crippen LogP contribution in [0.1, 0.15) is 0 Å². The van der Waals surface area contributed by atoms with Gasteiger partial charge in [-0.05, 0) is 0 Å². The van der Waals surface area contributed by atoms with Gasteiger partial charge in [-0.2, -0.15) is 8.42 Å². The Morgan fingerprint density at radius 2 is 1.83 bits per heavy atom. The summed E-state index contributed by atoms with van der Waals surface area (Å²) in [5.41, 5.74) is 0. The van der Waals surface area contributed by atoms with Crippen LogP contribution in [0.25, 0.3) is 0 Å². The molecule has 0 aromatic carbocycles. The molecule has 0 spiro atoms. The van der Waals surface area contributed by atoms with Gasteiger partial charge in [0.2, 0.25) is 0 Å². The molecular formula is C5H13ClO5S. The second-order valence-electron chi connectivity index (χ2n) is 1.76. The highest BCUT2D eigenvalue weighted by Gasteiger charge is 1.81. The second kappa shape index (κ2) is 9.21. The summed E-state index contributed by atoms with van der Waals surface area (Å²) >= 11 is 5.23. The van der Waals surface area contributed by atoms with Gasteiger partial charge in [-0.3, -0.25) is 4.55 Å². The van der Waals surface area contributed by atoms with Gasteiger partial charge in [0.25, 0.3) is 10.1 Å². The maximum atomic E-state index is 9.19. The number of rotatable bonds is 4. The fourth-order valence-corrected chi connectivity index (χ4v) is 0.330. The Morgan fingerprint density at radius 3 is 2.08 bits per heavy atom. The van der Waals surface area contributed by atoms with Crippen molar-refractivity contribution in [3.63, 3.8) is 0 Å². The van der Waals surface area contributed by atoms with Crippen LogP contribution in [0.2, 0.25) is 0 Å². The summed E-state index contributed by atoms with van der Waals surface area (Å²) in [6.45, 7) is 1.01. The topological polar surface area (TPSA) is 83.8 Å². The molecule has 0 rings (SSSR count). The lowest BCUT2D eigenvalue weighted by Crippen LogP contribution is -2.00. The van der Waals surface area contributed by atoms with Gasteiger partial charge in [-0.25, -0.2) is 0 Å². The third-order valence-electron chi connectivity index (χ3n) is 0.457. The largest absolute Gasteiger partial charge is 0.394 e. The Labute approximate surface area is 77.0 Å². The Morgan fingerprint density at radius 1 is 1.42 bits per heavy atom. The molecule has 0 radical (unpaired) electrons. The summed E-state index contributed by atoms with van der Waals surface area (Å²) in [6, 6.07) is 0. The highest BCUT2D eigenvalue weighted by atomic mass is 35.5. The average Bonchev–Trinajstić information content (AvgIpc) is 1.85. The van der Waals surface area contributed by atoms with Gasteiger partial charge in [-0.15, -0.1) is 11.6 Å². The molecule has 0 aliphatic heterocycles. The van der Waals surface area contributed by atoms with Gasteiger partial charge < -0.3 is 9.84 Å². The van der Waals surface area contributed by atoms with E-state index < -0.39 is 10.1 Å². The first-order valence-corrected chi connectivity index (χ1v) is 5.47. The highest BCUT2D eigenvalue weighted by Crippen LogP contribution is 1.75. The Bertz CT molecular complexity index is 155. The minimum atomic E-state index is -3.67. The van der Waals surface area contributed by atoms with Gasteiger partial charge in [0.15, 0.2) is 0 Å². The van der Waals surface area contributed by atoms with Crippen LogP contribution in [0, 0.1) is 0 Å². The second-order valence-corrected chi connectivity index (χ2v) is 3.60. The molecule has 0 amide bonds. The maximum Gasteiger partial charge on any atom is 0.261 e. The molecule has 7 heteroatoms. The number of hydrogen-bond acceptors (Lipinski definition) is 4. The zero-order valence-corrected chi connectivity index (χ0v) is 8.31. The quantitative estimate of drug-likeness (QED) is 0.387. The van der Waals surface area contributed by atoms with E-state index in [1.165, 1.54) is 0 Å². The van der Waals surface area contributed by atoms with Crippen molar-refractivity contribution in [1.82, 2.24) is 0 Å². The van der Waals surface area contributed by atoms with Crippen LogP contribution in [0.3, 0.4) is 0 Å². The third-order valence-corrected chi connectivity index (χ3v) is 0.611. The van der Waals surface area contributed by atoms with Crippen LogP contribution < -0.4 is 0 Å². The minimum absolute atomic E-state index is 0.0802. The normalized spacial score (nSPS) is 10.3. The molecular weight excluding hydrogens is 208 g/mol. The van der Waals surface area contributed by atoms with Crippen LogP contribution in [0.5, 0.6) is 0 Å². The van der Waals surface area contributed by atoms with E-state index in [9.17, 15) is 8.42 Å². The molecule has 76 valence electrons. The van der Waals surface area contributed by atoms with E-state index >= 15 is 0 Å². The minimum Gasteiger partial charge on any atom is -0.394 e. The molecule has 2 N–H and O–H groups in total. The van der Waals surface area contributed by atoms with Crippen LogP contribution >= 0.6 is 11.6 Å². The molecule has 0 atom stereocenters. The van der Waals surface area contributed by atoms with Gasteiger partial charge in [0.05, 0.1) is 26.1 Å². The molecule has 0 aliphatic carbocycles. The smallest absolute Gasteiger partial charge is 0.261 e. The van der Waals surface area contributed by atoms with Crippen molar-refractivity contribution < 1.29 is 22.8 Å². The van der Waals surface area contributed by atoms with Crippen LogP contribution in [-0.2, 0) is 14.9 Å². The van der Waals surface area contributed by atoms with Crippen molar-refractivity contribution in [2.45, 2.75) is 0 Å². The van der Waals surface area contributed by atoms with Crippen molar-refractivity contribution in [2.75, 3.05) is 32.0 Å². The van der Waals surface area contributed by atoms with Crippen LogP contribution in [0.15, 0.2) is 0 Å². The summed E-state index contributed by atoms with van der Waals surface area (Å²) in [7, 11) is -3.67. The van der Waals surface area contributed by atoms with E-state index in [4.69, 9.17) is 26.0 Å². The maximum absolute atomic E-state index is 9.19. The summed E-state index contributed by atoms with van der Waals surface area (Å²) in [5.74, 6) is 0.500. The molecule has 0 unspecified atom stereocenters. The fraction of sp³-hybridized carbons (Fsp3) is 1.00. The van der Waals surface area contributed by atoms with E-state index in [2.05, 4.69) is 0 Å². The molecule has 0 bridgehead atoms. The molecule has 0 aromatic heterocycles. The van der Waals surface area contributed by atoms with Gasteiger partial charge in [-0.1, -0.05) is 0 Å². The predicted molar refractivity (Wildman–Crippen MR) is 46.1 cm³/mol. The summed E-state index contributed by atoms with van der Waals surface area (Å²) in [6.07, 6.45) is 0.715. The molecule has 0 aliphatic rings. The van der Waals surface area contributed by atoms with Gasteiger partial charge in [0.1, 0.15) is 0 Å². The fourth-order valence-electron chi connectivity index (χ4n) is 0.221. The zero-order valence-electron chi connectivity index (χ0n) is 6.73. The van der Waals surface area contributed by atoms with E-state index in [0.717, 1.165) is 0 Å². The lowest BCUT2D eigenvalue weighted by atomic mass is 10.7. The van der Waals surface area contributed by atoms with Crippen molar-refractivity contribution in [3.05, 3.63) is 0 Å². The molecule has 12 heavy (non-hydrogen) atoms. The third kappa shape index (κ3) is 49.6.